The Hall–Kier alpha value is -3.38. The Bertz CT molecular complexity index is 1120. The molecule has 0 spiro atoms. The molecule has 146 valence electrons. The Labute approximate surface area is 172 Å². The van der Waals surface area contributed by atoms with Gasteiger partial charge in [0, 0.05) is 5.02 Å². The van der Waals surface area contributed by atoms with Crippen molar-refractivity contribution in [3.63, 3.8) is 0 Å². The molecule has 1 heterocycles. The smallest absolute Gasteiger partial charge is 0.250 e. The summed E-state index contributed by atoms with van der Waals surface area (Å²) in [6.45, 7) is 0. The van der Waals surface area contributed by atoms with Gasteiger partial charge in [-0.05, 0) is 35.9 Å². The van der Waals surface area contributed by atoms with Crippen LogP contribution < -0.4 is 10.1 Å². The van der Waals surface area contributed by atoms with E-state index in [2.05, 4.69) is 15.5 Å². The summed E-state index contributed by atoms with van der Waals surface area (Å²) in [5.74, 6) is 0.586. The van der Waals surface area contributed by atoms with E-state index in [1.807, 2.05) is 30.3 Å². The number of ether oxygens (including phenoxy) is 1. The lowest BCUT2D eigenvalue weighted by atomic mass is 10.1. The van der Waals surface area contributed by atoms with Gasteiger partial charge in [-0.2, -0.15) is 0 Å². The van der Waals surface area contributed by atoms with Crippen LogP contribution in [-0.2, 0) is 0 Å². The molecule has 1 atom stereocenters. The van der Waals surface area contributed by atoms with Crippen molar-refractivity contribution in [1.29, 1.82) is 0 Å². The molecular formula is C22H17ClFN3O2. The molecule has 1 N–H and O–H groups in total. The maximum atomic E-state index is 14.1. The minimum atomic E-state index is -0.489. The van der Waals surface area contributed by atoms with Crippen molar-refractivity contribution < 1.29 is 13.5 Å². The van der Waals surface area contributed by atoms with Crippen LogP contribution in [0.15, 0.2) is 77.2 Å². The molecule has 0 amide bonds. The molecule has 4 aromatic rings. The SMILES string of the molecule is COc1ccc(Cl)cc1NC(c1ccccc1)c1nnc(-c2ccccc2F)o1. The highest BCUT2D eigenvalue weighted by molar-refractivity contribution is 6.30. The van der Waals surface area contributed by atoms with Crippen LogP contribution in [0.1, 0.15) is 17.5 Å². The summed E-state index contributed by atoms with van der Waals surface area (Å²) in [6, 6.07) is 20.6. The second-order valence-corrected chi connectivity index (χ2v) is 6.69. The van der Waals surface area contributed by atoms with Gasteiger partial charge < -0.3 is 14.5 Å². The summed E-state index contributed by atoms with van der Waals surface area (Å²) in [6.07, 6.45) is 0. The molecule has 0 radical (unpaired) electrons. The molecule has 29 heavy (non-hydrogen) atoms. The van der Waals surface area contributed by atoms with Gasteiger partial charge in [0.15, 0.2) is 0 Å². The maximum absolute atomic E-state index is 14.1. The third-order valence-corrected chi connectivity index (χ3v) is 4.62. The summed E-state index contributed by atoms with van der Waals surface area (Å²) < 4.78 is 25.4. The van der Waals surface area contributed by atoms with Gasteiger partial charge in [-0.3, -0.25) is 0 Å². The van der Waals surface area contributed by atoms with E-state index < -0.39 is 11.9 Å². The van der Waals surface area contributed by atoms with Crippen LogP contribution in [0, 0.1) is 5.82 Å². The monoisotopic (exact) mass is 409 g/mol. The minimum Gasteiger partial charge on any atom is -0.495 e. The van der Waals surface area contributed by atoms with Gasteiger partial charge in [-0.15, -0.1) is 10.2 Å². The summed E-state index contributed by atoms with van der Waals surface area (Å²) >= 11 is 6.16. The zero-order chi connectivity index (χ0) is 20.2. The van der Waals surface area contributed by atoms with Crippen LogP contribution in [-0.4, -0.2) is 17.3 Å². The van der Waals surface area contributed by atoms with Gasteiger partial charge in [0.05, 0.1) is 18.4 Å². The first kappa shape index (κ1) is 19.0. The average molecular weight is 410 g/mol. The van der Waals surface area contributed by atoms with E-state index in [0.29, 0.717) is 16.5 Å². The second kappa shape index (κ2) is 8.32. The van der Waals surface area contributed by atoms with Gasteiger partial charge >= 0.3 is 0 Å². The van der Waals surface area contributed by atoms with Crippen LogP contribution in [0.5, 0.6) is 5.75 Å². The van der Waals surface area contributed by atoms with Crippen molar-refractivity contribution in [3.8, 4) is 17.2 Å². The van der Waals surface area contributed by atoms with Crippen LogP contribution in [0.25, 0.3) is 11.5 Å². The molecular weight excluding hydrogens is 393 g/mol. The van der Waals surface area contributed by atoms with Gasteiger partial charge in [0.1, 0.15) is 17.6 Å². The molecule has 0 saturated heterocycles. The summed E-state index contributed by atoms with van der Waals surface area (Å²) in [4.78, 5) is 0. The Morgan fingerprint density at radius 3 is 2.52 bits per heavy atom. The first-order valence-corrected chi connectivity index (χ1v) is 9.27. The van der Waals surface area contributed by atoms with Crippen molar-refractivity contribution in [2.24, 2.45) is 0 Å². The molecule has 0 aliphatic heterocycles. The van der Waals surface area contributed by atoms with Crippen molar-refractivity contribution in [2.45, 2.75) is 6.04 Å². The second-order valence-electron chi connectivity index (χ2n) is 6.26. The van der Waals surface area contributed by atoms with Gasteiger partial charge in [0.25, 0.3) is 5.89 Å². The van der Waals surface area contributed by atoms with Crippen LogP contribution >= 0.6 is 11.6 Å². The molecule has 0 aliphatic carbocycles. The largest absolute Gasteiger partial charge is 0.495 e. The fourth-order valence-corrected chi connectivity index (χ4v) is 3.15. The van der Waals surface area contributed by atoms with Crippen LogP contribution in [0.3, 0.4) is 0 Å². The molecule has 5 nitrogen and oxygen atoms in total. The molecule has 3 aromatic carbocycles. The van der Waals surface area contributed by atoms with Gasteiger partial charge in [-0.25, -0.2) is 4.39 Å². The zero-order valence-corrected chi connectivity index (χ0v) is 16.2. The summed E-state index contributed by atoms with van der Waals surface area (Å²) in [7, 11) is 1.58. The third-order valence-electron chi connectivity index (χ3n) is 4.39. The average Bonchev–Trinajstić information content (AvgIpc) is 3.23. The van der Waals surface area contributed by atoms with E-state index in [1.54, 1.807) is 43.5 Å². The minimum absolute atomic E-state index is 0.110. The number of methoxy groups -OCH3 is 1. The standard InChI is InChI=1S/C22H17ClFN3O2/c1-28-19-12-11-15(23)13-18(19)25-20(14-7-3-2-4-8-14)22-27-26-21(29-22)16-9-5-6-10-17(16)24/h2-13,20,25H,1H3. The predicted octanol–water partition coefficient (Wildman–Crippen LogP) is 5.74. The highest BCUT2D eigenvalue weighted by Crippen LogP contribution is 2.34. The van der Waals surface area contributed by atoms with Crippen molar-refractivity contribution in [1.82, 2.24) is 10.2 Å². The number of benzene rings is 3. The van der Waals surface area contributed by atoms with Crippen molar-refractivity contribution >= 4 is 17.3 Å². The van der Waals surface area contributed by atoms with E-state index >= 15 is 0 Å². The van der Waals surface area contributed by atoms with E-state index in [0.717, 1.165) is 5.56 Å². The van der Waals surface area contributed by atoms with Gasteiger partial charge in [0.2, 0.25) is 5.89 Å². The topological polar surface area (TPSA) is 60.2 Å². The Kier molecular flexibility index (Phi) is 5.44. The quantitative estimate of drug-likeness (QED) is 0.440. The molecule has 0 bridgehead atoms. The number of nitrogens with zero attached hydrogens (tertiary/aromatic N) is 2. The van der Waals surface area contributed by atoms with E-state index in [1.165, 1.54) is 6.07 Å². The molecule has 0 fully saturated rings. The van der Waals surface area contributed by atoms with E-state index in [4.69, 9.17) is 20.8 Å². The van der Waals surface area contributed by atoms with Crippen molar-refractivity contribution in [3.05, 3.63) is 95.1 Å². The summed E-state index contributed by atoms with van der Waals surface area (Å²) in [5, 5.41) is 12.1. The van der Waals surface area contributed by atoms with E-state index in [-0.39, 0.29) is 17.3 Å². The predicted molar refractivity (Wildman–Crippen MR) is 110 cm³/mol. The Morgan fingerprint density at radius 1 is 1.00 bits per heavy atom. The highest BCUT2D eigenvalue weighted by Gasteiger charge is 2.23. The number of rotatable bonds is 6. The first-order chi connectivity index (χ1) is 14.2. The molecule has 0 aliphatic rings. The number of nitrogens with one attached hydrogen (secondary N) is 1. The zero-order valence-electron chi connectivity index (χ0n) is 15.5. The first-order valence-electron chi connectivity index (χ1n) is 8.89. The van der Waals surface area contributed by atoms with Crippen LogP contribution in [0.2, 0.25) is 5.02 Å². The normalized spacial score (nSPS) is 11.8. The fraction of sp³-hybridized carbons (Fsp3) is 0.0909. The fourth-order valence-electron chi connectivity index (χ4n) is 2.98. The number of anilines is 1. The highest BCUT2D eigenvalue weighted by atomic mass is 35.5. The molecule has 4 rings (SSSR count). The number of hydrogen-bond acceptors (Lipinski definition) is 5. The lowest BCUT2D eigenvalue weighted by molar-refractivity contribution is 0.415. The number of aromatic nitrogens is 2. The summed E-state index contributed by atoms with van der Waals surface area (Å²) in [5.41, 5.74) is 1.80. The number of hydrogen-bond donors (Lipinski definition) is 1. The molecule has 0 saturated carbocycles. The number of halogens is 2. The molecule has 1 aromatic heterocycles. The lowest BCUT2D eigenvalue weighted by Crippen LogP contribution is -2.13. The van der Waals surface area contributed by atoms with Gasteiger partial charge in [-0.1, -0.05) is 54.1 Å². The third kappa shape index (κ3) is 4.07. The maximum Gasteiger partial charge on any atom is 0.250 e. The Balaban J connectivity index is 1.75. The molecule has 1 unspecified atom stereocenters. The van der Waals surface area contributed by atoms with Crippen molar-refractivity contribution in [2.75, 3.05) is 12.4 Å². The van der Waals surface area contributed by atoms with E-state index in [9.17, 15) is 4.39 Å². The molecule has 7 heteroatoms. The van der Waals surface area contributed by atoms with Crippen LogP contribution in [0.4, 0.5) is 10.1 Å². The Morgan fingerprint density at radius 2 is 1.76 bits per heavy atom. The lowest BCUT2D eigenvalue weighted by Gasteiger charge is -2.19.